The summed E-state index contributed by atoms with van der Waals surface area (Å²) in [6.07, 6.45) is 1.17. The molecule has 0 heterocycles. The molecule has 1 amide bonds. The van der Waals surface area contributed by atoms with Crippen LogP contribution in [0.4, 0.5) is 0 Å². The van der Waals surface area contributed by atoms with Gasteiger partial charge in [-0.2, -0.15) is 10.4 Å². The van der Waals surface area contributed by atoms with Crippen molar-refractivity contribution in [3.63, 3.8) is 0 Å². The molecule has 2 N–H and O–H groups in total. The molecule has 2 aromatic rings. The molecule has 8 nitrogen and oxygen atoms in total. The van der Waals surface area contributed by atoms with E-state index in [1.165, 1.54) is 25.5 Å². The zero-order chi connectivity index (χ0) is 20.5. The van der Waals surface area contributed by atoms with Crippen molar-refractivity contribution in [1.29, 1.82) is 5.26 Å². The number of carbonyl (C=O) groups is 2. The third kappa shape index (κ3) is 5.95. The highest BCUT2D eigenvalue weighted by Crippen LogP contribution is 2.34. The molecule has 0 aromatic heterocycles. The fraction of sp³-hybridized carbons (Fsp3) is 0.158. The number of nitriles is 1. The van der Waals surface area contributed by atoms with Gasteiger partial charge in [-0.3, -0.25) is 4.79 Å². The number of benzene rings is 2. The van der Waals surface area contributed by atoms with Crippen LogP contribution in [0.3, 0.4) is 0 Å². The molecule has 0 unspecified atom stereocenters. The second-order valence-electron chi connectivity index (χ2n) is 5.45. The highest BCUT2D eigenvalue weighted by molar-refractivity contribution is 14.1. The van der Waals surface area contributed by atoms with Crippen LogP contribution >= 0.6 is 22.6 Å². The molecular formula is C19H16IN3O5. The molecule has 0 bridgehead atoms. The predicted molar refractivity (Wildman–Crippen MR) is 109 cm³/mol. The van der Waals surface area contributed by atoms with Crippen LogP contribution < -0.4 is 14.9 Å². The minimum absolute atomic E-state index is 0.210. The number of carbonyl (C=O) groups excluding carboxylic acids is 1. The van der Waals surface area contributed by atoms with E-state index >= 15 is 0 Å². The summed E-state index contributed by atoms with van der Waals surface area (Å²) in [7, 11) is 1.51. The van der Waals surface area contributed by atoms with Gasteiger partial charge in [0, 0.05) is 0 Å². The van der Waals surface area contributed by atoms with Crippen molar-refractivity contribution in [2.24, 2.45) is 5.10 Å². The van der Waals surface area contributed by atoms with Gasteiger partial charge in [-0.1, -0.05) is 12.1 Å². The maximum atomic E-state index is 11.2. The molecule has 0 atom stereocenters. The lowest BCUT2D eigenvalue weighted by Crippen LogP contribution is -2.16. The van der Waals surface area contributed by atoms with Crippen LogP contribution in [-0.4, -0.2) is 30.3 Å². The summed E-state index contributed by atoms with van der Waals surface area (Å²) in [5.41, 5.74) is 3.96. The number of amides is 1. The summed E-state index contributed by atoms with van der Waals surface area (Å²) in [5, 5.41) is 21.2. The number of hydrogen-bond donors (Lipinski definition) is 2. The van der Waals surface area contributed by atoms with Gasteiger partial charge in [0.05, 0.1) is 28.5 Å². The van der Waals surface area contributed by atoms with Gasteiger partial charge in [0.15, 0.2) is 11.5 Å². The lowest BCUT2D eigenvalue weighted by atomic mass is 10.1. The van der Waals surface area contributed by atoms with Crippen molar-refractivity contribution in [1.82, 2.24) is 5.43 Å². The van der Waals surface area contributed by atoms with Crippen molar-refractivity contribution >= 4 is 40.7 Å². The first-order chi connectivity index (χ1) is 13.4. The number of hydrazone groups is 1. The molecular weight excluding hydrogens is 477 g/mol. The maximum Gasteiger partial charge on any atom is 0.335 e. The first-order valence-corrected chi connectivity index (χ1v) is 9.04. The summed E-state index contributed by atoms with van der Waals surface area (Å²) in [6.45, 7) is 0.240. The molecule has 0 spiro atoms. The Morgan fingerprint density at radius 2 is 2.04 bits per heavy atom. The van der Waals surface area contributed by atoms with Crippen molar-refractivity contribution < 1.29 is 24.2 Å². The number of nitrogens with zero attached hydrogens (tertiary/aromatic N) is 2. The van der Waals surface area contributed by atoms with Gasteiger partial charge in [0.25, 0.3) is 5.91 Å². The van der Waals surface area contributed by atoms with Crippen molar-refractivity contribution in [3.8, 4) is 17.6 Å². The smallest absolute Gasteiger partial charge is 0.335 e. The molecule has 0 saturated heterocycles. The standard InChI is InChI=1S/C19H16IN3O5/c1-27-16-9-13(10-22-23-17(24)6-7-21)8-15(20)18(16)28-11-12-2-4-14(5-3-12)19(25)26/h2-5,8-10H,6,11H2,1H3,(H,23,24)(H,25,26)/b22-10+. The number of rotatable bonds is 8. The summed E-state index contributed by atoms with van der Waals surface area (Å²) >= 11 is 2.10. The van der Waals surface area contributed by atoms with E-state index in [1.807, 2.05) is 0 Å². The largest absolute Gasteiger partial charge is 0.493 e. The van der Waals surface area contributed by atoms with Crippen molar-refractivity contribution in [3.05, 3.63) is 56.7 Å². The average molecular weight is 493 g/mol. The van der Waals surface area contributed by atoms with E-state index in [9.17, 15) is 9.59 Å². The molecule has 144 valence electrons. The van der Waals surface area contributed by atoms with E-state index in [0.29, 0.717) is 17.1 Å². The second kappa shape index (κ2) is 10.3. The van der Waals surface area contributed by atoms with Crippen molar-refractivity contribution in [2.45, 2.75) is 13.0 Å². The quantitative estimate of drug-likeness (QED) is 0.332. The molecule has 2 rings (SSSR count). The van der Waals surface area contributed by atoms with E-state index in [0.717, 1.165) is 9.13 Å². The first-order valence-electron chi connectivity index (χ1n) is 7.96. The third-order valence-electron chi connectivity index (χ3n) is 3.48. The number of aromatic carboxylic acids is 1. The number of carboxylic acid groups (broad SMARTS) is 1. The number of methoxy groups -OCH3 is 1. The second-order valence-corrected chi connectivity index (χ2v) is 6.62. The minimum Gasteiger partial charge on any atom is -0.493 e. The van der Waals surface area contributed by atoms with Gasteiger partial charge in [0.2, 0.25) is 0 Å². The Balaban J connectivity index is 2.10. The van der Waals surface area contributed by atoms with Crippen LogP contribution in [-0.2, 0) is 11.4 Å². The minimum atomic E-state index is -0.982. The Labute approximate surface area is 174 Å². The van der Waals surface area contributed by atoms with Gasteiger partial charge in [-0.25, -0.2) is 10.2 Å². The Morgan fingerprint density at radius 1 is 1.32 bits per heavy atom. The number of halogens is 1. The van der Waals surface area contributed by atoms with Crippen LogP contribution in [0.2, 0.25) is 0 Å². The Morgan fingerprint density at radius 3 is 2.64 bits per heavy atom. The van der Waals surface area contributed by atoms with E-state index in [2.05, 4.69) is 33.1 Å². The topological polar surface area (TPSA) is 121 Å². The molecule has 0 fully saturated rings. The summed E-state index contributed by atoms with van der Waals surface area (Å²) in [4.78, 5) is 22.1. The molecule has 28 heavy (non-hydrogen) atoms. The predicted octanol–water partition coefficient (Wildman–Crippen LogP) is 2.94. The van der Waals surface area contributed by atoms with Gasteiger partial charge >= 0.3 is 5.97 Å². The molecule has 0 aliphatic heterocycles. The molecule has 0 saturated carbocycles. The van der Waals surface area contributed by atoms with Crippen LogP contribution in [0.1, 0.15) is 27.9 Å². The monoisotopic (exact) mass is 493 g/mol. The highest BCUT2D eigenvalue weighted by Gasteiger charge is 2.12. The van der Waals surface area contributed by atoms with E-state index in [1.54, 1.807) is 30.3 Å². The molecule has 9 heteroatoms. The summed E-state index contributed by atoms with van der Waals surface area (Å²) in [5.74, 6) is -0.450. The molecule has 0 radical (unpaired) electrons. The Hall–Kier alpha value is -3.13. The van der Waals surface area contributed by atoms with E-state index < -0.39 is 11.9 Å². The van der Waals surface area contributed by atoms with Crippen LogP contribution in [0.5, 0.6) is 11.5 Å². The van der Waals surface area contributed by atoms with Crippen LogP contribution in [0, 0.1) is 14.9 Å². The van der Waals surface area contributed by atoms with Crippen LogP contribution in [0.15, 0.2) is 41.5 Å². The number of carboxylic acids is 1. The average Bonchev–Trinajstić information content (AvgIpc) is 2.67. The fourth-order valence-corrected chi connectivity index (χ4v) is 2.92. The maximum absolute atomic E-state index is 11.2. The zero-order valence-electron chi connectivity index (χ0n) is 14.8. The summed E-state index contributed by atoms with van der Waals surface area (Å²) < 4.78 is 12.0. The SMILES string of the molecule is COc1cc(/C=N/NC(=O)CC#N)cc(I)c1OCc1ccc(C(=O)O)cc1. The fourth-order valence-electron chi connectivity index (χ4n) is 2.14. The van der Waals surface area contributed by atoms with Crippen molar-refractivity contribution in [2.75, 3.05) is 7.11 Å². The first kappa shape index (κ1) is 21.2. The van der Waals surface area contributed by atoms with E-state index in [4.69, 9.17) is 19.8 Å². The molecule has 0 aliphatic rings. The highest BCUT2D eigenvalue weighted by atomic mass is 127. The van der Waals surface area contributed by atoms with E-state index in [-0.39, 0.29) is 18.6 Å². The lowest BCUT2D eigenvalue weighted by Gasteiger charge is -2.13. The lowest BCUT2D eigenvalue weighted by molar-refractivity contribution is -0.120. The Kier molecular flexibility index (Phi) is 7.76. The normalized spacial score (nSPS) is 10.3. The number of ether oxygens (including phenoxy) is 2. The third-order valence-corrected chi connectivity index (χ3v) is 4.28. The zero-order valence-corrected chi connectivity index (χ0v) is 17.0. The van der Waals surface area contributed by atoms with Gasteiger partial charge in [-0.15, -0.1) is 0 Å². The van der Waals surface area contributed by atoms with Gasteiger partial charge < -0.3 is 14.6 Å². The Bertz CT molecular complexity index is 936. The van der Waals surface area contributed by atoms with Gasteiger partial charge in [-0.05, 0) is 58.0 Å². The van der Waals surface area contributed by atoms with Gasteiger partial charge in [0.1, 0.15) is 13.0 Å². The number of hydrogen-bond acceptors (Lipinski definition) is 6. The number of nitrogens with one attached hydrogen (secondary N) is 1. The molecule has 0 aliphatic carbocycles. The summed E-state index contributed by atoms with van der Waals surface area (Å²) in [6, 6.07) is 11.6. The van der Waals surface area contributed by atoms with Crippen LogP contribution in [0.25, 0.3) is 0 Å². The molecule has 2 aromatic carbocycles.